The lowest BCUT2D eigenvalue weighted by Gasteiger charge is -2.29. The predicted octanol–water partition coefficient (Wildman–Crippen LogP) is 6.67. The third-order valence-electron chi connectivity index (χ3n) is 7.37. The Hall–Kier alpha value is -2.54. The molecule has 2 fully saturated rings. The molecular formula is C27H31F3O4. The van der Waals surface area contributed by atoms with Gasteiger partial charge >= 0.3 is 5.97 Å². The molecule has 0 radical (unpaired) electrons. The number of carbonyl (C=O) groups excluding carboxylic acids is 1. The number of benzene rings is 2. The number of ether oxygens (including phenoxy) is 3. The van der Waals surface area contributed by atoms with Crippen LogP contribution in [0.1, 0.15) is 84.7 Å². The minimum absolute atomic E-state index is 0.0162. The van der Waals surface area contributed by atoms with E-state index in [1.54, 1.807) is 19.2 Å². The number of hydrogen-bond acceptors (Lipinski definition) is 4. The summed E-state index contributed by atoms with van der Waals surface area (Å²) in [7, 11) is 3.15. The Morgan fingerprint density at radius 3 is 1.94 bits per heavy atom. The SMILES string of the molecule is COc1ccc(C2CCC(OC(=O)c3ccc(C4CCC(OC)CC4)c(F)c3F)CC2)c(F)c1. The second-order valence-electron chi connectivity index (χ2n) is 9.31. The summed E-state index contributed by atoms with van der Waals surface area (Å²) in [5.41, 5.74) is 0.551. The van der Waals surface area contributed by atoms with E-state index in [0.717, 1.165) is 25.7 Å². The van der Waals surface area contributed by atoms with Crippen LogP contribution >= 0.6 is 0 Å². The van der Waals surface area contributed by atoms with Crippen LogP contribution in [0.15, 0.2) is 30.3 Å². The molecule has 0 aromatic heterocycles. The first-order valence-corrected chi connectivity index (χ1v) is 12.0. The fourth-order valence-corrected chi connectivity index (χ4v) is 5.32. The monoisotopic (exact) mass is 476 g/mol. The highest BCUT2D eigenvalue weighted by Gasteiger charge is 2.30. The Balaban J connectivity index is 1.36. The molecule has 2 aromatic carbocycles. The van der Waals surface area contributed by atoms with Gasteiger partial charge in [0.05, 0.1) is 18.8 Å². The molecule has 2 aliphatic carbocycles. The van der Waals surface area contributed by atoms with Gasteiger partial charge in [0.2, 0.25) is 0 Å². The molecule has 0 spiro atoms. The van der Waals surface area contributed by atoms with Crippen LogP contribution in [0.25, 0.3) is 0 Å². The van der Waals surface area contributed by atoms with Crippen molar-refractivity contribution in [2.24, 2.45) is 0 Å². The van der Waals surface area contributed by atoms with Gasteiger partial charge in [-0.2, -0.15) is 0 Å². The van der Waals surface area contributed by atoms with Gasteiger partial charge in [0, 0.05) is 13.2 Å². The maximum atomic E-state index is 14.8. The van der Waals surface area contributed by atoms with Crippen LogP contribution in [-0.2, 0) is 9.47 Å². The molecule has 0 unspecified atom stereocenters. The maximum Gasteiger partial charge on any atom is 0.341 e. The Morgan fingerprint density at radius 2 is 1.35 bits per heavy atom. The summed E-state index contributed by atoms with van der Waals surface area (Å²) in [6.07, 6.45) is 5.14. The first-order valence-electron chi connectivity index (χ1n) is 12.0. The van der Waals surface area contributed by atoms with Crippen LogP contribution in [0, 0.1) is 17.5 Å². The maximum absolute atomic E-state index is 14.8. The average molecular weight is 477 g/mol. The Bertz CT molecular complexity index is 1010. The normalized spacial score (nSPS) is 25.1. The lowest BCUT2D eigenvalue weighted by atomic mass is 9.82. The molecule has 4 nitrogen and oxygen atoms in total. The minimum atomic E-state index is -1.15. The number of halogens is 3. The summed E-state index contributed by atoms with van der Waals surface area (Å²) in [5, 5.41) is 0. The van der Waals surface area contributed by atoms with Gasteiger partial charge in [0.15, 0.2) is 11.6 Å². The standard InChI is InChI=1S/C27H31F3O4/c1-32-18-7-3-17(4-8-18)22-13-14-23(26(30)25(22)29)27(31)34-19-9-5-16(6-10-19)21-12-11-20(33-2)15-24(21)28/h11-19H,3-10H2,1-2H3. The molecule has 184 valence electrons. The highest BCUT2D eigenvalue weighted by Crippen LogP contribution is 2.38. The third-order valence-corrected chi connectivity index (χ3v) is 7.37. The van der Waals surface area contributed by atoms with Crippen molar-refractivity contribution in [1.29, 1.82) is 0 Å². The van der Waals surface area contributed by atoms with E-state index in [0.29, 0.717) is 42.6 Å². The van der Waals surface area contributed by atoms with Crippen molar-refractivity contribution in [3.05, 3.63) is 64.5 Å². The van der Waals surface area contributed by atoms with Gasteiger partial charge in [0.1, 0.15) is 17.7 Å². The highest BCUT2D eigenvalue weighted by atomic mass is 19.2. The van der Waals surface area contributed by atoms with Crippen molar-refractivity contribution in [3.63, 3.8) is 0 Å². The van der Waals surface area contributed by atoms with E-state index in [-0.39, 0.29) is 29.3 Å². The Labute approximate surface area is 198 Å². The van der Waals surface area contributed by atoms with Crippen molar-refractivity contribution in [1.82, 2.24) is 0 Å². The molecule has 0 saturated heterocycles. The van der Waals surface area contributed by atoms with E-state index >= 15 is 0 Å². The van der Waals surface area contributed by atoms with Crippen LogP contribution in [0.2, 0.25) is 0 Å². The van der Waals surface area contributed by atoms with Gasteiger partial charge in [0.25, 0.3) is 0 Å². The molecule has 0 heterocycles. The van der Waals surface area contributed by atoms with Crippen molar-refractivity contribution in [2.45, 2.75) is 75.4 Å². The lowest BCUT2D eigenvalue weighted by molar-refractivity contribution is 0.0188. The molecule has 0 aliphatic heterocycles. The van der Waals surface area contributed by atoms with Crippen LogP contribution in [-0.4, -0.2) is 32.4 Å². The number of esters is 1. The van der Waals surface area contributed by atoms with Gasteiger partial charge < -0.3 is 14.2 Å². The van der Waals surface area contributed by atoms with Gasteiger partial charge in [-0.05, 0) is 86.5 Å². The van der Waals surface area contributed by atoms with Crippen molar-refractivity contribution >= 4 is 5.97 Å². The summed E-state index contributed by atoms with van der Waals surface area (Å²) >= 11 is 0. The first kappa shape index (κ1) is 24.6. The fraction of sp³-hybridized carbons (Fsp3) is 0.519. The predicted molar refractivity (Wildman–Crippen MR) is 122 cm³/mol. The highest BCUT2D eigenvalue weighted by molar-refractivity contribution is 5.90. The molecule has 2 aromatic rings. The van der Waals surface area contributed by atoms with E-state index < -0.39 is 23.7 Å². The summed E-state index contributed by atoms with van der Waals surface area (Å²) in [4.78, 5) is 12.6. The van der Waals surface area contributed by atoms with Crippen molar-refractivity contribution in [2.75, 3.05) is 14.2 Å². The number of hydrogen-bond donors (Lipinski definition) is 0. The zero-order chi connectivity index (χ0) is 24.2. The topological polar surface area (TPSA) is 44.8 Å². The molecule has 0 bridgehead atoms. The van der Waals surface area contributed by atoms with E-state index in [9.17, 15) is 18.0 Å². The van der Waals surface area contributed by atoms with E-state index in [1.807, 2.05) is 0 Å². The molecule has 7 heteroatoms. The number of rotatable bonds is 6. The summed E-state index contributed by atoms with van der Waals surface area (Å²) in [6.45, 7) is 0. The second kappa shape index (κ2) is 10.8. The molecule has 0 N–H and O–H groups in total. The van der Waals surface area contributed by atoms with Crippen molar-refractivity contribution < 1.29 is 32.2 Å². The first-order chi connectivity index (χ1) is 16.4. The van der Waals surface area contributed by atoms with E-state index in [1.165, 1.54) is 25.3 Å². The number of carbonyl (C=O) groups is 1. The van der Waals surface area contributed by atoms with E-state index in [2.05, 4.69) is 0 Å². The molecule has 2 aliphatic rings. The molecule has 4 rings (SSSR count). The summed E-state index contributed by atoms with van der Waals surface area (Å²) < 4.78 is 59.9. The quantitative estimate of drug-likeness (QED) is 0.437. The van der Waals surface area contributed by atoms with Gasteiger partial charge in [-0.3, -0.25) is 0 Å². The molecule has 0 amide bonds. The molecule has 34 heavy (non-hydrogen) atoms. The largest absolute Gasteiger partial charge is 0.497 e. The van der Waals surface area contributed by atoms with Gasteiger partial charge in [-0.25, -0.2) is 18.0 Å². The van der Waals surface area contributed by atoms with Gasteiger partial charge in [-0.15, -0.1) is 0 Å². The number of methoxy groups -OCH3 is 2. The Kier molecular flexibility index (Phi) is 7.81. The smallest absolute Gasteiger partial charge is 0.341 e. The van der Waals surface area contributed by atoms with Crippen LogP contribution in [0.4, 0.5) is 13.2 Å². The fourth-order valence-electron chi connectivity index (χ4n) is 5.32. The van der Waals surface area contributed by atoms with Crippen LogP contribution in [0.3, 0.4) is 0 Å². The lowest BCUT2D eigenvalue weighted by Crippen LogP contribution is -2.25. The molecular weight excluding hydrogens is 445 g/mol. The minimum Gasteiger partial charge on any atom is -0.497 e. The van der Waals surface area contributed by atoms with Crippen LogP contribution < -0.4 is 4.74 Å². The summed E-state index contributed by atoms with van der Waals surface area (Å²) in [5.74, 6) is -2.88. The van der Waals surface area contributed by atoms with Crippen molar-refractivity contribution in [3.8, 4) is 5.75 Å². The third kappa shape index (κ3) is 5.24. The average Bonchev–Trinajstić information content (AvgIpc) is 2.86. The van der Waals surface area contributed by atoms with Gasteiger partial charge in [-0.1, -0.05) is 12.1 Å². The van der Waals surface area contributed by atoms with Crippen LogP contribution in [0.5, 0.6) is 5.75 Å². The zero-order valence-electron chi connectivity index (χ0n) is 19.6. The second-order valence-corrected chi connectivity index (χ2v) is 9.31. The Morgan fingerprint density at radius 1 is 0.765 bits per heavy atom. The zero-order valence-corrected chi connectivity index (χ0v) is 19.6. The summed E-state index contributed by atoms with van der Waals surface area (Å²) in [6, 6.07) is 7.67. The molecule has 2 saturated carbocycles. The van der Waals surface area contributed by atoms with E-state index in [4.69, 9.17) is 14.2 Å². The molecule has 0 atom stereocenters.